The Morgan fingerprint density at radius 2 is 2.19 bits per heavy atom. The summed E-state index contributed by atoms with van der Waals surface area (Å²) in [5.74, 6) is 1.66. The van der Waals surface area contributed by atoms with Gasteiger partial charge < -0.3 is 15.6 Å². The van der Waals surface area contributed by atoms with Crippen molar-refractivity contribution < 1.29 is 0 Å². The van der Waals surface area contributed by atoms with Crippen molar-refractivity contribution in [2.45, 2.75) is 13.5 Å². The van der Waals surface area contributed by atoms with E-state index in [1.165, 1.54) is 0 Å². The molecule has 0 amide bonds. The average Bonchev–Trinajstić information content (AvgIpc) is 2.67. The number of anilines is 2. The molecule has 0 atom stereocenters. The van der Waals surface area contributed by atoms with E-state index in [0.717, 1.165) is 11.4 Å². The number of nitrogen functional groups attached to an aromatic ring is 1. The average molecular weight is 217 g/mol. The lowest BCUT2D eigenvalue weighted by atomic mass is 10.2. The monoisotopic (exact) mass is 217 g/mol. The van der Waals surface area contributed by atoms with Crippen LogP contribution in [0.3, 0.4) is 0 Å². The fraction of sp³-hybridized carbons (Fsp3) is 0.273. The maximum absolute atomic E-state index is 5.91. The third kappa shape index (κ3) is 1.98. The van der Waals surface area contributed by atoms with Gasteiger partial charge in [-0.3, -0.25) is 0 Å². The molecule has 0 aliphatic rings. The summed E-state index contributed by atoms with van der Waals surface area (Å²) in [4.78, 5) is 8.41. The predicted molar refractivity (Wildman–Crippen MR) is 63.9 cm³/mol. The Morgan fingerprint density at radius 3 is 2.88 bits per heavy atom. The highest BCUT2D eigenvalue weighted by Crippen LogP contribution is 2.18. The molecule has 84 valence electrons. The Bertz CT molecular complexity index is 489. The molecule has 0 spiro atoms. The van der Waals surface area contributed by atoms with Gasteiger partial charge >= 0.3 is 0 Å². The minimum Gasteiger partial charge on any atom is -0.396 e. The molecule has 2 aromatic heterocycles. The van der Waals surface area contributed by atoms with E-state index in [1.807, 2.05) is 30.8 Å². The molecule has 0 saturated heterocycles. The van der Waals surface area contributed by atoms with Crippen LogP contribution in [0.1, 0.15) is 11.4 Å². The minimum atomic E-state index is 0.615. The number of nitrogens with two attached hydrogens (primary N) is 1. The van der Waals surface area contributed by atoms with Crippen LogP contribution in [-0.2, 0) is 13.6 Å². The van der Waals surface area contributed by atoms with Gasteiger partial charge in [0.15, 0.2) is 0 Å². The van der Waals surface area contributed by atoms with Crippen LogP contribution >= 0.6 is 0 Å². The van der Waals surface area contributed by atoms with E-state index in [9.17, 15) is 0 Å². The summed E-state index contributed by atoms with van der Waals surface area (Å²) >= 11 is 0. The molecular weight excluding hydrogens is 202 g/mol. The highest BCUT2D eigenvalue weighted by atomic mass is 15.1. The van der Waals surface area contributed by atoms with Gasteiger partial charge in [-0.25, -0.2) is 9.97 Å². The summed E-state index contributed by atoms with van der Waals surface area (Å²) in [6.07, 6.45) is 5.42. The first-order valence-corrected chi connectivity index (χ1v) is 5.09. The summed E-state index contributed by atoms with van der Waals surface area (Å²) < 4.78 is 1.96. The molecule has 0 radical (unpaired) electrons. The van der Waals surface area contributed by atoms with E-state index in [2.05, 4.69) is 15.3 Å². The van der Waals surface area contributed by atoms with Crippen molar-refractivity contribution in [3.05, 3.63) is 36.0 Å². The molecule has 0 fully saturated rings. The second-order valence-corrected chi connectivity index (χ2v) is 3.70. The van der Waals surface area contributed by atoms with Crippen LogP contribution in [0.15, 0.2) is 24.7 Å². The van der Waals surface area contributed by atoms with E-state index in [4.69, 9.17) is 5.73 Å². The van der Waals surface area contributed by atoms with Crippen molar-refractivity contribution in [3.63, 3.8) is 0 Å². The molecule has 2 rings (SSSR count). The second-order valence-electron chi connectivity index (χ2n) is 3.70. The van der Waals surface area contributed by atoms with Gasteiger partial charge in [-0.05, 0) is 18.6 Å². The van der Waals surface area contributed by atoms with Crippen LogP contribution in [0.2, 0.25) is 0 Å². The van der Waals surface area contributed by atoms with Gasteiger partial charge in [-0.1, -0.05) is 0 Å². The zero-order valence-corrected chi connectivity index (χ0v) is 9.44. The van der Waals surface area contributed by atoms with Gasteiger partial charge in [0, 0.05) is 25.6 Å². The number of nitrogens with one attached hydrogen (secondary N) is 1. The Balaban J connectivity index is 2.11. The lowest BCUT2D eigenvalue weighted by Gasteiger charge is -2.09. The summed E-state index contributed by atoms with van der Waals surface area (Å²) in [5, 5.41) is 3.18. The number of imidazole rings is 1. The van der Waals surface area contributed by atoms with Gasteiger partial charge in [-0.2, -0.15) is 0 Å². The summed E-state index contributed by atoms with van der Waals surface area (Å²) in [7, 11) is 1.96. The number of rotatable bonds is 3. The van der Waals surface area contributed by atoms with Crippen molar-refractivity contribution in [1.82, 2.24) is 14.5 Å². The van der Waals surface area contributed by atoms with Gasteiger partial charge in [-0.15, -0.1) is 0 Å². The smallest absolute Gasteiger partial charge is 0.149 e. The normalized spacial score (nSPS) is 10.4. The lowest BCUT2D eigenvalue weighted by molar-refractivity contribution is 0.811. The van der Waals surface area contributed by atoms with Crippen LogP contribution in [-0.4, -0.2) is 14.5 Å². The highest BCUT2D eigenvalue weighted by molar-refractivity contribution is 5.64. The molecule has 0 aliphatic carbocycles. The molecule has 5 heteroatoms. The van der Waals surface area contributed by atoms with E-state index in [-0.39, 0.29) is 0 Å². The Hall–Kier alpha value is -2.04. The first-order valence-electron chi connectivity index (χ1n) is 5.09. The van der Waals surface area contributed by atoms with E-state index in [1.54, 1.807) is 12.4 Å². The maximum atomic E-state index is 5.91. The molecule has 0 unspecified atom stereocenters. The van der Waals surface area contributed by atoms with Crippen LogP contribution in [0.25, 0.3) is 0 Å². The van der Waals surface area contributed by atoms with Crippen molar-refractivity contribution in [1.29, 1.82) is 0 Å². The summed E-state index contributed by atoms with van der Waals surface area (Å²) in [6.45, 7) is 2.58. The van der Waals surface area contributed by atoms with Crippen LogP contribution in [0.5, 0.6) is 0 Å². The fourth-order valence-electron chi connectivity index (χ4n) is 1.44. The fourth-order valence-corrected chi connectivity index (χ4v) is 1.44. The summed E-state index contributed by atoms with van der Waals surface area (Å²) in [6, 6.07) is 1.89. The lowest BCUT2D eigenvalue weighted by Crippen LogP contribution is -2.09. The topological polar surface area (TPSA) is 68.8 Å². The quantitative estimate of drug-likeness (QED) is 0.813. The van der Waals surface area contributed by atoms with Gasteiger partial charge in [0.25, 0.3) is 0 Å². The standard InChI is InChI=1S/C11H15N5/c1-8-3-4-14-11(10(8)12)15-7-9-13-5-6-16(9)2/h3-6H,7,12H2,1-2H3,(H,14,15). The van der Waals surface area contributed by atoms with Crippen LogP contribution in [0, 0.1) is 6.92 Å². The number of hydrogen-bond donors (Lipinski definition) is 2. The predicted octanol–water partition coefficient (Wildman–Crippen LogP) is 1.32. The second kappa shape index (κ2) is 4.22. The molecule has 2 heterocycles. The number of aromatic nitrogens is 3. The van der Waals surface area contributed by atoms with Crippen molar-refractivity contribution >= 4 is 11.5 Å². The molecule has 0 bridgehead atoms. The third-order valence-electron chi connectivity index (χ3n) is 2.54. The van der Waals surface area contributed by atoms with Crippen LogP contribution < -0.4 is 11.1 Å². The van der Waals surface area contributed by atoms with Gasteiger partial charge in [0.05, 0.1) is 12.2 Å². The Labute approximate surface area is 94.3 Å². The molecular formula is C11H15N5. The van der Waals surface area contributed by atoms with Crippen molar-refractivity contribution in [3.8, 4) is 0 Å². The molecule has 0 aliphatic heterocycles. The van der Waals surface area contributed by atoms with Crippen molar-refractivity contribution in [2.75, 3.05) is 11.1 Å². The Kier molecular flexibility index (Phi) is 2.76. The largest absolute Gasteiger partial charge is 0.396 e. The van der Waals surface area contributed by atoms with E-state index >= 15 is 0 Å². The summed E-state index contributed by atoms with van der Waals surface area (Å²) in [5.41, 5.74) is 7.62. The number of hydrogen-bond acceptors (Lipinski definition) is 4. The van der Waals surface area contributed by atoms with Crippen molar-refractivity contribution in [2.24, 2.45) is 7.05 Å². The number of nitrogens with zero attached hydrogens (tertiary/aromatic N) is 3. The highest BCUT2D eigenvalue weighted by Gasteiger charge is 2.04. The third-order valence-corrected chi connectivity index (χ3v) is 2.54. The van der Waals surface area contributed by atoms with E-state index < -0.39 is 0 Å². The zero-order chi connectivity index (χ0) is 11.5. The van der Waals surface area contributed by atoms with Gasteiger partial charge in [0.1, 0.15) is 11.6 Å². The molecule has 2 aromatic rings. The number of aryl methyl sites for hydroxylation is 2. The first kappa shape index (κ1) is 10.5. The minimum absolute atomic E-state index is 0.615. The maximum Gasteiger partial charge on any atom is 0.149 e. The molecule has 0 aromatic carbocycles. The SMILES string of the molecule is Cc1ccnc(NCc2nccn2C)c1N. The molecule has 16 heavy (non-hydrogen) atoms. The Morgan fingerprint density at radius 1 is 1.38 bits per heavy atom. The first-order chi connectivity index (χ1) is 7.68. The van der Waals surface area contributed by atoms with E-state index in [0.29, 0.717) is 18.1 Å². The molecule has 3 N–H and O–H groups in total. The number of pyridine rings is 1. The van der Waals surface area contributed by atoms with Crippen LogP contribution in [0.4, 0.5) is 11.5 Å². The zero-order valence-electron chi connectivity index (χ0n) is 9.44. The molecule has 0 saturated carbocycles. The molecule has 5 nitrogen and oxygen atoms in total. The van der Waals surface area contributed by atoms with Gasteiger partial charge in [0.2, 0.25) is 0 Å².